The second-order valence-electron chi connectivity index (χ2n) is 4.22. The highest BCUT2D eigenvalue weighted by molar-refractivity contribution is 4.90. The standard InChI is InChI=1S/C11H16F3N/c1-2-3-4-8-7-9(15)5-6-10(8)11(12,13)14/h1,8-10H,3-7,15H2. The Kier molecular flexibility index (Phi) is 4.04. The number of halogens is 3. The molecule has 1 rings (SSSR count). The van der Waals surface area contributed by atoms with Crippen LogP contribution in [-0.2, 0) is 0 Å². The van der Waals surface area contributed by atoms with Crippen LogP contribution in [-0.4, -0.2) is 12.2 Å². The van der Waals surface area contributed by atoms with Crippen molar-refractivity contribution in [3.05, 3.63) is 0 Å². The monoisotopic (exact) mass is 219 g/mol. The van der Waals surface area contributed by atoms with Gasteiger partial charge in [-0.1, -0.05) is 0 Å². The van der Waals surface area contributed by atoms with Gasteiger partial charge in [0.1, 0.15) is 0 Å². The topological polar surface area (TPSA) is 26.0 Å². The van der Waals surface area contributed by atoms with Gasteiger partial charge in [0, 0.05) is 12.5 Å². The number of alkyl halides is 3. The molecule has 0 aromatic rings. The van der Waals surface area contributed by atoms with E-state index >= 15 is 0 Å². The van der Waals surface area contributed by atoms with E-state index in [1.165, 1.54) is 0 Å². The Labute approximate surface area is 88.2 Å². The molecule has 0 bridgehead atoms. The molecule has 86 valence electrons. The van der Waals surface area contributed by atoms with Gasteiger partial charge in [-0.2, -0.15) is 13.2 Å². The Bertz CT molecular complexity index is 241. The maximum absolute atomic E-state index is 12.7. The summed E-state index contributed by atoms with van der Waals surface area (Å²) in [4.78, 5) is 0. The third kappa shape index (κ3) is 3.42. The fourth-order valence-corrected chi connectivity index (χ4v) is 2.32. The highest BCUT2D eigenvalue weighted by atomic mass is 19.4. The summed E-state index contributed by atoms with van der Waals surface area (Å²) in [6.45, 7) is 0. The van der Waals surface area contributed by atoms with Gasteiger partial charge in [-0.3, -0.25) is 0 Å². The molecule has 0 spiro atoms. The van der Waals surface area contributed by atoms with Gasteiger partial charge in [0.15, 0.2) is 0 Å². The first-order valence-corrected chi connectivity index (χ1v) is 5.21. The van der Waals surface area contributed by atoms with E-state index < -0.39 is 12.1 Å². The van der Waals surface area contributed by atoms with Gasteiger partial charge in [-0.25, -0.2) is 0 Å². The van der Waals surface area contributed by atoms with E-state index in [4.69, 9.17) is 12.2 Å². The maximum atomic E-state index is 12.7. The zero-order valence-electron chi connectivity index (χ0n) is 8.56. The number of terminal acetylenes is 1. The molecule has 3 atom stereocenters. The van der Waals surface area contributed by atoms with Crippen LogP contribution in [0.3, 0.4) is 0 Å². The molecular formula is C11H16F3N. The first-order valence-electron chi connectivity index (χ1n) is 5.21. The van der Waals surface area contributed by atoms with E-state index in [0.29, 0.717) is 25.7 Å². The van der Waals surface area contributed by atoms with Gasteiger partial charge in [0.05, 0.1) is 5.92 Å². The van der Waals surface area contributed by atoms with Crippen molar-refractivity contribution in [2.45, 2.75) is 44.3 Å². The maximum Gasteiger partial charge on any atom is 0.392 e. The van der Waals surface area contributed by atoms with E-state index in [2.05, 4.69) is 5.92 Å². The Morgan fingerprint density at radius 3 is 2.53 bits per heavy atom. The van der Waals surface area contributed by atoms with Crippen LogP contribution in [0.4, 0.5) is 13.2 Å². The van der Waals surface area contributed by atoms with E-state index in [-0.39, 0.29) is 18.4 Å². The van der Waals surface area contributed by atoms with Crippen LogP contribution in [0.15, 0.2) is 0 Å². The van der Waals surface area contributed by atoms with Gasteiger partial charge in [-0.15, -0.1) is 12.3 Å². The number of hydrogen-bond acceptors (Lipinski definition) is 1. The van der Waals surface area contributed by atoms with E-state index in [1.54, 1.807) is 0 Å². The molecule has 2 N–H and O–H groups in total. The Morgan fingerprint density at radius 1 is 1.33 bits per heavy atom. The van der Waals surface area contributed by atoms with Crippen LogP contribution < -0.4 is 5.73 Å². The summed E-state index contributed by atoms with van der Waals surface area (Å²) in [7, 11) is 0. The van der Waals surface area contributed by atoms with Crippen molar-refractivity contribution in [3.63, 3.8) is 0 Å². The predicted octanol–water partition coefficient (Wildman–Crippen LogP) is 2.71. The third-order valence-corrected chi connectivity index (χ3v) is 3.10. The minimum Gasteiger partial charge on any atom is -0.328 e. The molecule has 0 saturated heterocycles. The van der Waals surface area contributed by atoms with E-state index in [1.807, 2.05) is 0 Å². The summed E-state index contributed by atoms with van der Waals surface area (Å²) in [5.41, 5.74) is 5.68. The number of nitrogens with two attached hydrogens (primary N) is 1. The molecule has 1 fully saturated rings. The van der Waals surface area contributed by atoms with Crippen molar-refractivity contribution in [2.75, 3.05) is 0 Å². The van der Waals surface area contributed by atoms with Crippen LogP contribution in [0.2, 0.25) is 0 Å². The molecule has 0 amide bonds. The Hall–Kier alpha value is -0.690. The predicted molar refractivity (Wildman–Crippen MR) is 52.9 cm³/mol. The van der Waals surface area contributed by atoms with Gasteiger partial charge in [0.25, 0.3) is 0 Å². The SMILES string of the molecule is C#CCCC1CC(N)CCC1C(F)(F)F. The molecule has 1 nitrogen and oxygen atoms in total. The van der Waals surface area contributed by atoms with Crippen LogP contribution in [0, 0.1) is 24.2 Å². The van der Waals surface area contributed by atoms with Crippen molar-refractivity contribution < 1.29 is 13.2 Å². The van der Waals surface area contributed by atoms with Gasteiger partial charge in [0.2, 0.25) is 0 Å². The molecule has 1 aliphatic rings. The molecule has 1 saturated carbocycles. The van der Waals surface area contributed by atoms with Crippen LogP contribution in [0.1, 0.15) is 32.1 Å². The molecule has 1 aliphatic carbocycles. The second kappa shape index (κ2) is 4.89. The number of rotatable bonds is 2. The average molecular weight is 219 g/mol. The van der Waals surface area contributed by atoms with Gasteiger partial charge in [-0.05, 0) is 31.6 Å². The molecule has 0 radical (unpaired) electrons. The Morgan fingerprint density at radius 2 is 2.00 bits per heavy atom. The van der Waals surface area contributed by atoms with Crippen LogP contribution in [0.5, 0.6) is 0 Å². The largest absolute Gasteiger partial charge is 0.392 e. The smallest absolute Gasteiger partial charge is 0.328 e. The van der Waals surface area contributed by atoms with E-state index in [0.717, 1.165) is 0 Å². The van der Waals surface area contributed by atoms with Gasteiger partial charge < -0.3 is 5.73 Å². The molecule has 0 heterocycles. The lowest BCUT2D eigenvalue weighted by Crippen LogP contribution is -2.40. The summed E-state index contributed by atoms with van der Waals surface area (Å²) in [5, 5.41) is 0. The lowest BCUT2D eigenvalue weighted by Gasteiger charge is -2.35. The van der Waals surface area contributed by atoms with Crippen molar-refractivity contribution in [1.82, 2.24) is 0 Å². The number of hydrogen-bond donors (Lipinski definition) is 1. The zero-order valence-corrected chi connectivity index (χ0v) is 8.56. The normalized spacial score (nSPS) is 32.3. The molecule has 3 unspecified atom stereocenters. The molecular weight excluding hydrogens is 203 g/mol. The fourth-order valence-electron chi connectivity index (χ4n) is 2.32. The Balaban J connectivity index is 2.63. The van der Waals surface area contributed by atoms with Crippen molar-refractivity contribution in [3.8, 4) is 12.3 Å². The quantitative estimate of drug-likeness (QED) is 0.710. The minimum atomic E-state index is -4.10. The summed E-state index contributed by atoms with van der Waals surface area (Å²) < 4.78 is 38.0. The fraction of sp³-hybridized carbons (Fsp3) is 0.818. The molecule has 15 heavy (non-hydrogen) atoms. The third-order valence-electron chi connectivity index (χ3n) is 3.10. The summed E-state index contributed by atoms with van der Waals surface area (Å²) in [6, 6.07) is -0.0913. The van der Waals surface area contributed by atoms with Crippen molar-refractivity contribution in [1.29, 1.82) is 0 Å². The molecule has 0 aliphatic heterocycles. The summed E-state index contributed by atoms with van der Waals surface area (Å²) >= 11 is 0. The van der Waals surface area contributed by atoms with E-state index in [9.17, 15) is 13.2 Å². The molecule has 0 aromatic carbocycles. The molecule has 4 heteroatoms. The van der Waals surface area contributed by atoms with Crippen molar-refractivity contribution >= 4 is 0 Å². The minimum absolute atomic E-state index is 0.0913. The highest BCUT2D eigenvalue weighted by Gasteiger charge is 2.46. The molecule has 0 aromatic heterocycles. The first kappa shape index (κ1) is 12.4. The first-order chi connectivity index (χ1) is 6.95. The summed E-state index contributed by atoms with van der Waals surface area (Å²) in [5.74, 6) is 0.806. The zero-order chi connectivity index (χ0) is 11.5. The van der Waals surface area contributed by atoms with Gasteiger partial charge >= 0.3 is 6.18 Å². The van der Waals surface area contributed by atoms with Crippen LogP contribution >= 0.6 is 0 Å². The van der Waals surface area contributed by atoms with Crippen LogP contribution in [0.25, 0.3) is 0 Å². The lowest BCUT2D eigenvalue weighted by molar-refractivity contribution is -0.197. The lowest BCUT2D eigenvalue weighted by atomic mass is 9.74. The second-order valence-corrected chi connectivity index (χ2v) is 4.22. The highest BCUT2D eigenvalue weighted by Crippen LogP contribution is 2.42. The average Bonchev–Trinajstić information content (AvgIpc) is 2.12. The van der Waals surface area contributed by atoms with Crippen molar-refractivity contribution in [2.24, 2.45) is 17.6 Å². The summed E-state index contributed by atoms with van der Waals surface area (Å²) in [6.07, 6.45) is 2.89.